The Morgan fingerprint density at radius 3 is 2.33 bits per heavy atom. The van der Waals surface area contributed by atoms with E-state index in [1.165, 1.54) is 25.1 Å². The molecule has 3 rings (SSSR count). The molecule has 18 heavy (non-hydrogen) atoms. The van der Waals surface area contributed by atoms with E-state index in [1.54, 1.807) is 12.1 Å². The molecule has 0 aromatic heterocycles. The van der Waals surface area contributed by atoms with Crippen molar-refractivity contribution in [3.8, 4) is 0 Å². The zero-order valence-corrected chi connectivity index (χ0v) is 11.3. The van der Waals surface area contributed by atoms with Crippen LogP contribution in [0.5, 0.6) is 0 Å². The molecular formula is C16H22FN. The van der Waals surface area contributed by atoms with Crippen molar-refractivity contribution in [2.24, 2.45) is 23.7 Å². The van der Waals surface area contributed by atoms with E-state index in [0.717, 1.165) is 30.2 Å². The maximum absolute atomic E-state index is 12.8. The minimum Gasteiger partial charge on any atom is -0.298 e. The number of halogens is 1. The predicted molar refractivity (Wildman–Crippen MR) is 71.6 cm³/mol. The van der Waals surface area contributed by atoms with Crippen LogP contribution in [-0.2, 0) is 6.54 Å². The maximum Gasteiger partial charge on any atom is 0.123 e. The van der Waals surface area contributed by atoms with Crippen LogP contribution in [0.1, 0.15) is 25.8 Å². The van der Waals surface area contributed by atoms with E-state index in [2.05, 4.69) is 18.7 Å². The zero-order chi connectivity index (χ0) is 12.7. The van der Waals surface area contributed by atoms with Crippen LogP contribution in [0.2, 0.25) is 0 Å². The van der Waals surface area contributed by atoms with Crippen molar-refractivity contribution >= 4 is 0 Å². The summed E-state index contributed by atoms with van der Waals surface area (Å²) < 4.78 is 12.8. The predicted octanol–water partition coefficient (Wildman–Crippen LogP) is 3.55. The van der Waals surface area contributed by atoms with Gasteiger partial charge in [0.2, 0.25) is 0 Å². The SMILES string of the molecule is CC(C)CC1C2CN(Cc3ccc(F)cc3)CC12. The van der Waals surface area contributed by atoms with Gasteiger partial charge in [-0.3, -0.25) is 4.90 Å². The molecule has 1 nitrogen and oxygen atoms in total. The fraction of sp³-hybridized carbons (Fsp3) is 0.625. The van der Waals surface area contributed by atoms with Crippen LogP contribution in [0.15, 0.2) is 24.3 Å². The van der Waals surface area contributed by atoms with Gasteiger partial charge in [0, 0.05) is 19.6 Å². The Hall–Kier alpha value is -0.890. The lowest BCUT2D eigenvalue weighted by Gasteiger charge is -2.20. The highest BCUT2D eigenvalue weighted by Crippen LogP contribution is 2.54. The number of piperidine rings is 1. The summed E-state index contributed by atoms with van der Waals surface area (Å²) in [4.78, 5) is 2.53. The second kappa shape index (κ2) is 4.65. The van der Waals surface area contributed by atoms with Crippen LogP contribution < -0.4 is 0 Å². The van der Waals surface area contributed by atoms with Crippen LogP contribution in [0.4, 0.5) is 4.39 Å². The van der Waals surface area contributed by atoms with E-state index in [-0.39, 0.29) is 5.82 Å². The third-order valence-electron chi connectivity index (χ3n) is 4.51. The van der Waals surface area contributed by atoms with Gasteiger partial charge < -0.3 is 0 Å². The number of nitrogens with zero attached hydrogens (tertiary/aromatic N) is 1. The highest BCUT2D eigenvalue weighted by atomic mass is 19.1. The van der Waals surface area contributed by atoms with Crippen molar-refractivity contribution in [3.05, 3.63) is 35.6 Å². The molecule has 0 amide bonds. The Kier molecular flexibility index (Phi) is 3.14. The summed E-state index contributed by atoms with van der Waals surface area (Å²) in [7, 11) is 0. The summed E-state index contributed by atoms with van der Waals surface area (Å²) in [5.41, 5.74) is 1.23. The van der Waals surface area contributed by atoms with Gasteiger partial charge in [-0.2, -0.15) is 0 Å². The molecule has 1 aliphatic carbocycles. The van der Waals surface area contributed by atoms with Crippen LogP contribution >= 0.6 is 0 Å². The largest absolute Gasteiger partial charge is 0.298 e. The Balaban J connectivity index is 1.50. The molecule has 1 saturated carbocycles. The summed E-state index contributed by atoms with van der Waals surface area (Å²) in [5, 5.41) is 0. The van der Waals surface area contributed by atoms with Gasteiger partial charge >= 0.3 is 0 Å². The lowest BCUT2D eigenvalue weighted by atomic mass is 10.0. The molecular weight excluding hydrogens is 225 g/mol. The molecule has 1 heterocycles. The van der Waals surface area contributed by atoms with Gasteiger partial charge in [0.05, 0.1) is 0 Å². The standard InChI is InChI=1S/C16H22FN/c1-11(2)7-14-15-9-18(10-16(14)15)8-12-3-5-13(17)6-4-12/h3-6,11,14-16H,7-10H2,1-2H3. The lowest BCUT2D eigenvalue weighted by molar-refractivity contribution is 0.268. The lowest BCUT2D eigenvalue weighted by Crippen LogP contribution is -2.24. The van der Waals surface area contributed by atoms with Gasteiger partial charge in [0.25, 0.3) is 0 Å². The maximum atomic E-state index is 12.8. The molecule has 1 aromatic rings. The molecule has 0 N–H and O–H groups in total. The topological polar surface area (TPSA) is 3.24 Å². The van der Waals surface area contributed by atoms with Crippen molar-refractivity contribution in [1.82, 2.24) is 4.90 Å². The number of rotatable bonds is 4. The quantitative estimate of drug-likeness (QED) is 0.786. The summed E-state index contributed by atoms with van der Waals surface area (Å²) in [6.07, 6.45) is 1.40. The number of likely N-dealkylation sites (tertiary alicyclic amines) is 1. The van der Waals surface area contributed by atoms with Crippen LogP contribution in [-0.4, -0.2) is 18.0 Å². The van der Waals surface area contributed by atoms with Crippen molar-refractivity contribution in [3.63, 3.8) is 0 Å². The molecule has 2 unspecified atom stereocenters. The van der Waals surface area contributed by atoms with Gasteiger partial charge in [-0.25, -0.2) is 4.39 Å². The van der Waals surface area contributed by atoms with Crippen molar-refractivity contribution < 1.29 is 4.39 Å². The molecule has 0 bridgehead atoms. The molecule has 1 aliphatic heterocycles. The minimum absolute atomic E-state index is 0.139. The van der Waals surface area contributed by atoms with Gasteiger partial charge in [-0.1, -0.05) is 26.0 Å². The molecule has 1 aromatic carbocycles. The van der Waals surface area contributed by atoms with E-state index in [9.17, 15) is 4.39 Å². The molecule has 2 aliphatic rings. The number of benzene rings is 1. The summed E-state index contributed by atoms with van der Waals surface area (Å²) in [6, 6.07) is 6.94. The number of hydrogen-bond acceptors (Lipinski definition) is 1. The third kappa shape index (κ3) is 2.44. The molecule has 2 atom stereocenters. The number of hydrogen-bond donors (Lipinski definition) is 0. The van der Waals surface area contributed by atoms with E-state index < -0.39 is 0 Å². The monoisotopic (exact) mass is 247 g/mol. The first-order valence-electron chi connectivity index (χ1n) is 7.10. The van der Waals surface area contributed by atoms with E-state index in [0.29, 0.717) is 0 Å². The first kappa shape index (κ1) is 12.2. The molecule has 2 fully saturated rings. The summed E-state index contributed by atoms with van der Waals surface area (Å²) in [5.74, 6) is 3.60. The van der Waals surface area contributed by atoms with Crippen molar-refractivity contribution in [2.75, 3.05) is 13.1 Å². The van der Waals surface area contributed by atoms with Crippen LogP contribution in [0, 0.1) is 29.5 Å². The Labute approximate surface area is 109 Å². The average molecular weight is 247 g/mol. The smallest absolute Gasteiger partial charge is 0.123 e. The summed E-state index contributed by atoms with van der Waals surface area (Å²) >= 11 is 0. The normalized spacial score (nSPS) is 30.8. The Bertz CT molecular complexity index is 400. The number of fused-ring (bicyclic) bond motifs is 1. The minimum atomic E-state index is -0.139. The second-order valence-corrected chi connectivity index (χ2v) is 6.44. The molecule has 0 spiro atoms. The Morgan fingerprint density at radius 1 is 1.17 bits per heavy atom. The fourth-order valence-corrected chi connectivity index (χ4v) is 3.61. The molecule has 1 saturated heterocycles. The summed E-state index contributed by atoms with van der Waals surface area (Å²) in [6.45, 7) is 8.13. The highest BCUT2D eigenvalue weighted by Gasteiger charge is 2.54. The van der Waals surface area contributed by atoms with Crippen LogP contribution in [0.3, 0.4) is 0 Å². The first-order chi connectivity index (χ1) is 8.63. The van der Waals surface area contributed by atoms with Crippen molar-refractivity contribution in [2.45, 2.75) is 26.8 Å². The van der Waals surface area contributed by atoms with Gasteiger partial charge in [0.15, 0.2) is 0 Å². The van der Waals surface area contributed by atoms with Gasteiger partial charge in [0.1, 0.15) is 5.82 Å². The zero-order valence-electron chi connectivity index (χ0n) is 11.3. The van der Waals surface area contributed by atoms with Gasteiger partial charge in [-0.15, -0.1) is 0 Å². The van der Waals surface area contributed by atoms with E-state index in [4.69, 9.17) is 0 Å². The molecule has 0 radical (unpaired) electrons. The highest BCUT2D eigenvalue weighted by molar-refractivity contribution is 5.17. The van der Waals surface area contributed by atoms with Gasteiger partial charge in [-0.05, 0) is 47.8 Å². The van der Waals surface area contributed by atoms with Crippen LogP contribution in [0.25, 0.3) is 0 Å². The average Bonchev–Trinajstić information content (AvgIpc) is 2.78. The van der Waals surface area contributed by atoms with E-state index >= 15 is 0 Å². The third-order valence-corrected chi connectivity index (χ3v) is 4.51. The first-order valence-corrected chi connectivity index (χ1v) is 7.10. The fourth-order valence-electron chi connectivity index (χ4n) is 3.61. The second-order valence-electron chi connectivity index (χ2n) is 6.44. The van der Waals surface area contributed by atoms with Crippen molar-refractivity contribution in [1.29, 1.82) is 0 Å². The molecule has 98 valence electrons. The Morgan fingerprint density at radius 2 is 1.78 bits per heavy atom. The molecule has 2 heteroatoms. The van der Waals surface area contributed by atoms with E-state index in [1.807, 2.05) is 12.1 Å².